The van der Waals surface area contributed by atoms with Crippen molar-refractivity contribution in [3.8, 4) is 0 Å². The molecule has 1 N–H and O–H groups in total. The molecule has 3 nitrogen and oxygen atoms in total. The lowest BCUT2D eigenvalue weighted by atomic mass is 10.1. The molecule has 1 saturated heterocycles. The zero-order chi connectivity index (χ0) is 11.0. The highest BCUT2D eigenvalue weighted by Crippen LogP contribution is 2.28. The number of fused-ring (bicyclic) bond motifs is 1. The Balaban J connectivity index is 1.79. The molecule has 16 heavy (non-hydrogen) atoms. The maximum atomic E-state index is 3.45. The van der Waals surface area contributed by atoms with Crippen LogP contribution in [0.3, 0.4) is 0 Å². The SMILES string of the molecule is CN1CCN(c2ccc3c(c2)NCC3)CC1. The van der Waals surface area contributed by atoms with Crippen LogP contribution in [0.25, 0.3) is 0 Å². The fourth-order valence-corrected chi connectivity index (χ4v) is 2.54. The minimum Gasteiger partial charge on any atom is -0.384 e. The van der Waals surface area contributed by atoms with Crippen LogP contribution in [0.4, 0.5) is 11.4 Å². The number of benzene rings is 1. The standard InChI is InChI=1S/C13H19N3/c1-15-6-8-16(9-7-15)12-3-2-11-4-5-14-13(11)10-12/h2-3,10,14H,4-9H2,1H3. The van der Waals surface area contributed by atoms with Gasteiger partial charge in [0.15, 0.2) is 0 Å². The van der Waals surface area contributed by atoms with Gasteiger partial charge in [-0.15, -0.1) is 0 Å². The third kappa shape index (κ3) is 1.76. The fourth-order valence-electron chi connectivity index (χ4n) is 2.54. The Morgan fingerprint density at radius 2 is 1.94 bits per heavy atom. The van der Waals surface area contributed by atoms with Crippen molar-refractivity contribution >= 4 is 11.4 Å². The van der Waals surface area contributed by atoms with Crippen LogP contribution in [0, 0.1) is 0 Å². The van der Waals surface area contributed by atoms with Crippen LogP contribution in [0.15, 0.2) is 18.2 Å². The van der Waals surface area contributed by atoms with Gasteiger partial charge in [-0.25, -0.2) is 0 Å². The highest BCUT2D eigenvalue weighted by atomic mass is 15.2. The second kappa shape index (κ2) is 3.98. The van der Waals surface area contributed by atoms with Gasteiger partial charge in [0.25, 0.3) is 0 Å². The molecule has 86 valence electrons. The lowest BCUT2D eigenvalue weighted by Crippen LogP contribution is -2.44. The van der Waals surface area contributed by atoms with E-state index in [0.29, 0.717) is 0 Å². The number of rotatable bonds is 1. The molecule has 0 radical (unpaired) electrons. The molecular formula is C13H19N3. The minimum absolute atomic E-state index is 1.10. The largest absolute Gasteiger partial charge is 0.384 e. The van der Waals surface area contributed by atoms with E-state index in [1.54, 1.807) is 0 Å². The first-order valence-electron chi connectivity index (χ1n) is 6.13. The fraction of sp³-hybridized carbons (Fsp3) is 0.538. The summed E-state index contributed by atoms with van der Waals surface area (Å²) in [5.74, 6) is 0. The molecule has 0 atom stereocenters. The number of piperazine rings is 1. The zero-order valence-corrected chi connectivity index (χ0v) is 9.87. The summed E-state index contributed by atoms with van der Waals surface area (Å²) in [7, 11) is 2.20. The Kier molecular flexibility index (Phi) is 2.48. The third-order valence-corrected chi connectivity index (χ3v) is 3.67. The van der Waals surface area contributed by atoms with Crippen molar-refractivity contribution in [2.45, 2.75) is 6.42 Å². The van der Waals surface area contributed by atoms with Crippen molar-refractivity contribution < 1.29 is 0 Å². The summed E-state index contributed by atoms with van der Waals surface area (Å²) >= 11 is 0. The summed E-state index contributed by atoms with van der Waals surface area (Å²) in [6.45, 7) is 5.74. The van der Waals surface area contributed by atoms with Crippen LogP contribution < -0.4 is 10.2 Å². The van der Waals surface area contributed by atoms with Gasteiger partial charge < -0.3 is 15.1 Å². The number of nitrogens with zero attached hydrogens (tertiary/aromatic N) is 2. The van der Waals surface area contributed by atoms with Gasteiger partial charge >= 0.3 is 0 Å². The van der Waals surface area contributed by atoms with Gasteiger partial charge in [0, 0.05) is 44.1 Å². The Bertz CT molecular complexity index is 381. The maximum Gasteiger partial charge on any atom is 0.0394 e. The van der Waals surface area contributed by atoms with Crippen molar-refractivity contribution in [1.82, 2.24) is 4.90 Å². The van der Waals surface area contributed by atoms with Gasteiger partial charge in [-0.3, -0.25) is 0 Å². The summed E-state index contributed by atoms with van der Waals surface area (Å²) in [5.41, 5.74) is 4.19. The van der Waals surface area contributed by atoms with Crippen molar-refractivity contribution in [3.05, 3.63) is 23.8 Å². The predicted octanol–water partition coefficient (Wildman–Crippen LogP) is 1.41. The number of hydrogen-bond donors (Lipinski definition) is 1. The van der Waals surface area contributed by atoms with Crippen molar-refractivity contribution in [1.29, 1.82) is 0 Å². The van der Waals surface area contributed by atoms with Gasteiger partial charge in [0.2, 0.25) is 0 Å². The van der Waals surface area contributed by atoms with E-state index in [2.05, 4.69) is 40.4 Å². The first-order valence-corrected chi connectivity index (χ1v) is 6.13. The van der Waals surface area contributed by atoms with Crippen LogP contribution in [0.2, 0.25) is 0 Å². The normalized spacial score (nSPS) is 20.7. The minimum atomic E-state index is 1.10. The molecule has 3 heteroatoms. The second-order valence-electron chi connectivity index (χ2n) is 4.81. The van der Waals surface area contributed by atoms with Gasteiger partial charge in [-0.2, -0.15) is 0 Å². The molecule has 0 spiro atoms. The van der Waals surface area contributed by atoms with Crippen LogP contribution in [-0.4, -0.2) is 44.7 Å². The van der Waals surface area contributed by atoms with Gasteiger partial charge in [-0.1, -0.05) is 6.07 Å². The summed E-state index contributed by atoms with van der Waals surface area (Å²) < 4.78 is 0. The van der Waals surface area contributed by atoms with Gasteiger partial charge in [-0.05, 0) is 31.2 Å². The van der Waals surface area contributed by atoms with E-state index in [1.807, 2.05) is 0 Å². The lowest BCUT2D eigenvalue weighted by Gasteiger charge is -2.34. The first kappa shape index (κ1) is 9.97. The third-order valence-electron chi connectivity index (χ3n) is 3.67. The van der Waals surface area contributed by atoms with Crippen molar-refractivity contribution in [2.24, 2.45) is 0 Å². The van der Waals surface area contributed by atoms with Gasteiger partial charge in [0.1, 0.15) is 0 Å². The smallest absolute Gasteiger partial charge is 0.0394 e. The van der Waals surface area contributed by atoms with E-state index < -0.39 is 0 Å². The van der Waals surface area contributed by atoms with E-state index in [4.69, 9.17) is 0 Å². The quantitative estimate of drug-likeness (QED) is 0.767. The van der Waals surface area contributed by atoms with Crippen LogP contribution in [0.5, 0.6) is 0 Å². The van der Waals surface area contributed by atoms with Crippen LogP contribution in [-0.2, 0) is 6.42 Å². The molecule has 2 heterocycles. The summed E-state index contributed by atoms with van der Waals surface area (Å²) in [4.78, 5) is 4.88. The van der Waals surface area contributed by atoms with Crippen molar-refractivity contribution in [3.63, 3.8) is 0 Å². The maximum absolute atomic E-state index is 3.45. The van der Waals surface area contributed by atoms with E-state index in [9.17, 15) is 0 Å². The molecule has 2 aliphatic rings. The predicted molar refractivity (Wildman–Crippen MR) is 68.3 cm³/mol. The summed E-state index contributed by atoms with van der Waals surface area (Å²) in [6, 6.07) is 6.87. The Labute approximate surface area is 97.0 Å². The van der Waals surface area contributed by atoms with E-state index >= 15 is 0 Å². The molecule has 0 bridgehead atoms. The van der Waals surface area contributed by atoms with E-state index in [-0.39, 0.29) is 0 Å². The Morgan fingerprint density at radius 1 is 1.12 bits per heavy atom. The molecule has 1 fully saturated rings. The summed E-state index contributed by atoms with van der Waals surface area (Å²) in [5, 5.41) is 3.45. The van der Waals surface area contributed by atoms with Crippen LogP contribution >= 0.6 is 0 Å². The molecule has 0 amide bonds. The molecule has 3 rings (SSSR count). The molecule has 1 aromatic carbocycles. The highest BCUT2D eigenvalue weighted by Gasteiger charge is 2.16. The van der Waals surface area contributed by atoms with Gasteiger partial charge in [0.05, 0.1) is 0 Å². The number of hydrogen-bond acceptors (Lipinski definition) is 3. The number of likely N-dealkylation sites (N-methyl/N-ethyl adjacent to an activating group) is 1. The first-order chi connectivity index (χ1) is 7.83. The van der Waals surface area contributed by atoms with E-state index in [0.717, 1.165) is 19.6 Å². The molecule has 0 aliphatic carbocycles. The lowest BCUT2D eigenvalue weighted by molar-refractivity contribution is 0.313. The molecule has 0 aromatic heterocycles. The topological polar surface area (TPSA) is 18.5 Å². The summed E-state index contributed by atoms with van der Waals surface area (Å²) in [6.07, 6.45) is 1.18. The van der Waals surface area contributed by atoms with Crippen molar-refractivity contribution in [2.75, 3.05) is 50.0 Å². The molecular weight excluding hydrogens is 198 g/mol. The van der Waals surface area contributed by atoms with E-state index in [1.165, 1.54) is 36.4 Å². The average molecular weight is 217 g/mol. The molecule has 2 aliphatic heterocycles. The number of anilines is 2. The van der Waals surface area contributed by atoms with Crippen LogP contribution in [0.1, 0.15) is 5.56 Å². The number of nitrogens with one attached hydrogen (secondary N) is 1. The molecule has 1 aromatic rings. The Morgan fingerprint density at radius 3 is 2.75 bits per heavy atom. The molecule has 0 unspecified atom stereocenters. The monoisotopic (exact) mass is 217 g/mol. The zero-order valence-electron chi connectivity index (χ0n) is 9.87. The highest BCUT2D eigenvalue weighted by molar-refractivity contribution is 5.64. The average Bonchev–Trinajstić information content (AvgIpc) is 2.77. The Hall–Kier alpha value is -1.22. The molecule has 0 saturated carbocycles. The second-order valence-corrected chi connectivity index (χ2v) is 4.81.